The van der Waals surface area contributed by atoms with Gasteiger partial charge in [-0.15, -0.1) is 6.42 Å². The smallest absolute Gasteiger partial charge is 0.0741 e. The first-order valence-corrected chi connectivity index (χ1v) is 5.44. The largest absolute Gasteiger partial charge is 0.349 e. The fourth-order valence-corrected chi connectivity index (χ4v) is 2.10. The maximum absolute atomic E-state index is 5.22. The third-order valence-corrected chi connectivity index (χ3v) is 2.99. The Bertz CT molecular complexity index is 490. The number of terminal acetylenes is 1. The van der Waals surface area contributed by atoms with Crippen molar-refractivity contribution in [1.29, 1.82) is 0 Å². The summed E-state index contributed by atoms with van der Waals surface area (Å²) in [4.78, 5) is 3.37. The molecule has 0 atom stereocenters. The van der Waals surface area contributed by atoms with Crippen LogP contribution in [-0.4, -0.2) is 10.7 Å². The number of hydrogen-bond donors (Lipinski definition) is 1. The summed E-state index contributed by atoms with van der Waals surface area (Å²) in [6.45, 7) is 2.11. The highest BCUT2D eigenvalue weighted by atomic mass is 32.2. The Hall–Kier alpha value is -1.33. The van der Waals surface area contributed by atoms with E-state index in [0.29, 0.717) is 5.75 Å². The van der Waals surface area contributed by atoms with Gasteiger partial charge >= 0.3 is 0 Å². The number of fused-ring (bicyclic) bond motifs is 1. The fourth-order valence-electron chi connectivity index (χ4n) is 1.48. The molecule has 2 heteroatoms. The number of aryl methyl sites for hydroxylation is 1. The van der Waals surface area contributed by atoms with E-state index in [4.69, 9.17) is 6.42 Å². The van der Waals surface area contributed by atoms with E-state index in [9.17, 15) is 0 Å². The molecule has 1 aromatic heterocycles. The molecule has 0 spiro atoms. The van der Waals surface area contributed by atoms with Crippen LogP contribution in [0.1, 0.15) is 5.56 Å². The summed E-state index contributed by atoms with van der Waals surface area (Å²) in [5.74, 6) is 3.33. The molecule has 1 aromatic carbocycles. The van der Waals surface area contributed by atoms with Crippen molar-refractivity contribution in [2.75, 3.05) is 5.75 Å². The molecule has 1 heterocycles. The Morgan fingerprint density at radius 3 is 3.07 bits per heavy atom. The van der Waals surface area contributed by atoms with Gasteiger partial charge in [-0.1, -0.05) is 35.9 Å². The van der Waals surface area contributed by atoms with Gasteiger partial charge in [0.15, 0.2) is 0 Å². The van der Waals surface area contributed by atoms with Crippen molar-refractivity contribution in [3.8, 4) is 12.3 Å². The van der Waals surface area contributed by atoms with E-state index in [1.165, 1.54) is 16.5 Å². The van der Waals surface area contributed by atoms with Crippen molar-refractivity contribution < 1.29 is 0 Å². The van der Waals surface area contributed by atoms with Crippen molar-refractivity contribution >= 4 is 22.7 Å². The average Bonchev–Trinajstić information content (AvgIpc) is 2.59. The van der Waals surface area contributed by atoms with Crippen LogP contribution in [0.2, 0.25) is 0 Å². The minimum absolute atomic E-state index is 0.714. The highest BCUT2D eigenvalue weighted by Gasteiger charge is 2.01. The molecule has 1 N–H and O–H groups in total. The summed E-state index contributed by atoms with van der Waals surface area (Å²) >= 11 is 1.66. The lowest BCUT2D eigenvalue weighted by molar-refractivity contribution is 1.23. The molecule has 0 amide bonds. The normalized spacial score (nSPS) is 10.3. The maximum Gasteiger partial charge on any atom is 0.0741 e. The summed E-state index contributed by atoms with van der Waals surface area (Å²) in [5, 5.41) is 2.40. The highest BCUT2D eigenvalue weighted by Crippen LogP contribution is 2.24. The van der Waals surface area contributed by atoms with Crippen LogP contribution in [0.5, 0.6) is 0 Å². The number of thioether (sulfide) groups is 1. The molecule has 0 aliphatic rings. The van der Waals surface area contributed by atoms with E-state index in [1.807, 2.05) is 0 Å². The molecule has 0 fully saturated rings. The van der Waals surface area contributed by atoms with Gasteiger partial charge in [0, 0.05) is 10.9 Å². The van der Waals surface area contributed by atoms with Gasteiger partial charge in [-0.25, -0.2) is 0 Å². The molecular weight excluding hydrogens is 190 g/mol. The first-order valence-electron chi connectivity index (χ1n) is 4.46. The van der Waals surface area contributed by atoms with Crippen LogP contribution in [0.4, 0.5) is 0 Å². The van der Waals surface area contributed by atoms with Crippen LogP contribution in [0.3, 0.4) is 0 Å². The predicted molar refractivity (Wildman–Crippen MR) is 62.6 cm³/mol. The van der Waals surface area contributed by atoms with E-state index < -0.39 is 0 Å². The fraction of sp³-hybridized carbons (Fsp3) is 0.167. The van der Waals surface area contributed by atoms with Crippen LogP contribution in [0.15, 0.2) is 29.3 Å². The van der Waals surface area contributed by atoms with Crippen molar-refractivity contribution in [3.63, 3.8) is 0 Å². The number of aromatic amines is 1. The van der Waals surface area contributed by atoms with Crippen LogP contribution < -0.4 is 0 Å². The zero-order valence-electron chi connectivity index (χ0n) is 8.00. The van der Waals surface area contributed by atoms with Gasteiger partial charge in [-0.2, -0.15) is 0 Å². The van der Waals surface area contributed by atoms with Crippen LogP contribution >= 0.6 is 11.8 Å². The zero-order valence-corrected chi connectivity index (χ0v) is 8.82. The van der Waals surface area contributed by atoms with Gasteiger partial charge in [0.1, 0.15) is 0 Å². The maximum atomic E-state index is 5.22. The summed E-state index contributed by atoms with van der Waals surface area (Å²) in [6.07, 6.45) is 5.22. The van der Waals surface area contributed by atoms with Crippen molar-refractivity contribution in [2.24, 2.45) is 0 Å². The lowest BCUT2D eigenvalue weighted by Crippen LogP contribution is -1.75. The average molecular weight is 201 g/mol. The summed E-state index contributed by atoms with van der Waals surface area (Å²) in [6, 6.07) is 8.43. The van der Waals surface area contributed by atoms with Crippen LogP contribution in [0.25, 0.3) is 10.9 Å². The Morgan fingerprint density at radius 2 is 2.36 bits per heavy atom. The molecule has 2 rings (SSSR count). The number of benzene rings is 1. The van der Waals surface area contributed by atoms with E-state index >= 15 is 0 Å². The monoisotopic (exact) mass is 201 g/mol. The molecule has 70 valence electrons. The van der Waals surface area contributed by atoms with Crippen molar-refractivity contribution in [1.82, 2.24) is 4.98 Å². The lowest BCUT2D eigenvalue weighted by atomic mass is 10.2. The van der Waals surface area contributed by atoms with E-state index in [0.717, 1.165) is 5.03 Å². The second-order valence-corrected chi connectivity index (χ2v) is 4.18. The Balaban J connectivity index is 2.42. The van der Waals surface area contributed by atoms with Gasteiger partial charge in [0.25, 0.3) is 0 Å². The van der Waals surface area contributed by atoms with Crippen LogP contribution in [-0.2, 0) is 0 Å². The Labute approximate surface area is 87.9 Å². The number of para-hydroxylation sites is 1. The second-order valence-electron chi connectivity index (χ2n) is 3.17. The topological polar surface area (TPSA) is 15.8 Å². The highest BCUT2D eigenvalue weighted by molar-refractivity contribution is 7.99. The number of nitrogens with one attached hydrogen (secondary N) is 1. The number of aromatic nitrogens is 1. The van der Waals surface area contributed by atoms with E-state index in [-0.39, 0.29) is 0 Å². The van der Waals surface area contributed by atoms with Gasteiger partial charge in [0.05, 0.1) is 10.8 Å². The summed E-state index contributed by atoms with van der Waals surface area (Å²) < 4.78 is 0. The number of rotatable bonds is 2. The molecule has 0 bridgehead atoms. The molecule has 0 aliphatic carbocycles. The minimum Gasteiger partial charge on any atom is -0.349 e. The molecule has 0 radical (unpaired) electrons. The lowest BCUT2D eigenvalue weighted by Gasteiger charge is -1.93. The molecule has 2 aromatic rings. The molecule has 0 saturated heterocycles. The minimum atomic E-state index is 0.714. The van der Waals surface area contributed by atoms with Crippen molar-refractivity contribution in [2.45, 2.75) is 11.9 Å². The van der Waals surface area contributed by atoms with Gasteiger partial charge in [-0.05, 0) is 18.6 Å². The molecule has 14 heavy (non-hydrogen) atoms. The van der Waals surface area contributed by atoms with Gasteiger partial charge in [0.2, 0.25) is 0 Å². The van der Waals surface area contributed by atoms with E-state index in [1.54, 1.807) is 11.8 Å². The molecule has 0 unspecified atom stereocenters. The molecule has 0 aliphatic heterocycles. The molecule has 1 nitrogen and oxygen atoms in total. The number of hydrogen-bond acceptors (Lipinski definition) is 1. The SMILES string of the molecule is C#CCSc1cc2cccc(C)c2[nH]1. The summed E-state index contributed by atoms with van der Waals surface area (Å²) in [7, 11) is 0. The number of H-pyrrole nitrogens is 1. The summed E-state index contributed by atoms with van der Waals surface area (Å²) in [5.41, 5.74) is 2.49. The van der Waals surface area contributed by atoms with E-state index in [2.05, 4.69) is 42.1 Å². The third-order valence-electron chi connectivity index (χ3n) is 2.15. The Morgan fingerprint density at radius 1 is 1.50 bits per heavy atom. The molecule has 0 saturated carbocycles. The predicted octanol–water partition coefficient (Wildman–Crippen LogP) is 3.20. The zero-order chi connectivity index (χ0) is 9.97. The molecular formula is C12H11NS. The first kappa shape index (κ1) is 9.23. The second kappa shape index (κ2) is 3.81. The quantitative estimate of drug-likeness (QED) is 0.582. The van der Waals surface area contributed by atoms with Gasteiger partial charge < -0.3 is 4.98 Å². The van der Waals surface area contributed by atoms with Crippen LogP contribution in [0, 0.1) is 19.3 Å². The standard InChI is InChI=1S/C12H11NS/c1-3-7-14-11-8-10-6-4-5-9(2)12(10)13-11/h1,4-6,8,13H,7H2,2H3. The van der Waals surface area contributed by atoms with Crippen molar-refractivity contribution in [3.05, 3.63) is 29.8 Å². The van der Waals surface area contributed by atoms with Gasteiger partial charge in [-0.3, -0.25) is 0 Å². The third kappa shape index (κ3) is 1.64. The Kier molecular flexibility index (Phi) is 2.51. The first-order chi connectivity index (χ1) is 6.81.